The number of alkyl halides is 8. The molecule has 3 nitrogen and oxygen atoms in total. The second-order valence-corrected chi connectivity index (χ2v) is 2.60. The maximum absolute atomic E-state index is 13.0. The second-order valence-electron chi connectivity index (χ2n) is 2.60. The average molecular weight is 276 g/mol. The molecule has 0 aromatic carbocycles. The number of hydrogen-bond acceptors (Lipinski definition) is 3. The van der Waals surface area contributed by atoms with Crippen LogP contribution in [0.15, 0.2) is 0 Å². The molecule has 0 spiro atoms. The summed E-state index contributed by atoms with van der Waals surface area (Å²) < 4.78 is 104. The number of carbonyl (C=O) groups is 1. The molecule has 11 heteroatoms. The zero-order valence-corrected chi connectivity index (χ0v) is 7.83. The van der Waals surface area contributed by atoms with Crippen molar-refractivity contribution in [2.24, 2.45) is 0 Å². The lowest BCUT2D eigenvalue weighted by Gasteiger charge is -2.37. The molecule has 0 aromatic heterocycles. The van der Waals surface area contributed by atoms with E-state index in [2.05, 4.69) is 9.47 Å². The van der Waals surface area contributed by atoms with E-state index in [0.717, 1.165) is 0 Å². The minimum atomic E-state index is -6.49. The topological polar surface area (TPSA) is 35.5 Å². The maximum atomic E-state index is 13.0. The summed E-state index contributed by atoms with van der Waals surface area (Å²) in [5, 5.41) is 0. The van der Waals surface area contributed by atoms with E-state index in [9.17, 15) is 39.9 Å². The van der Waals surface area contributed by atoms with Crippen LogP contribution in [0, 0.1) is 0 Å². The molecule has 0 radical (unpaired) electrons. The highest BCUT2D eigenvalue weighted by Gasteiger charge is 2.83. The van der Waals surface area contributed by atoms with Crippen LogP contribution < -0.4 is 0 Å². The molecular weight excluding hydrogens is 272 g/mol. The number of ether oxygens (including phenoxy) is 2. The van der Waals surface area contributed by atoms with Crippen LogP contribution in [-0.2, 0) is 14.3 Å². The summed E-state index contributed by atoms with van der Waals surface area (Å²) in [7, 11) is -0.165. The highest BCUT2D eigenvalue weighted by atomic mass is 19.4. The Balaban J connectivity index is 5.83. The van der Waals surface area contributed by atoms with Gasteiger partial charge < -0.3 is 9.47 Å². The lowest BCUT2D eigenvalue weighted by atomic mass is 10.1. The van der Waals surface area contributed by atoms with Crippen molar-refractivity contribution in [1.29, 1.82) is 0 Å². The molecule has 0 fully saturated rings. The van der Waals surface area contributed by atoms with Gasteiger partial charge in [0.15, 0.2) is 0 Å². The summed E-state index contributed by atoms with van der Waals surface area (Å²) in [6.45, 7) is -1.31. The Kier molecular flexibility index (Phi) is 3.99. The number of rotatable bonds is 4. The van der Waals surface area contributed by atoms with Gasteiger partial charge >= 0.3 is 24.1 Å². The van der Waals surface area contributed by atoms with Crippen LogP contribution in [0.25, 0.3) is 0 Å². The van der Waals surface area contributed by atoms with Crippen LogP contribution in [0.4, 0.5) is 35.1 Å². The minimum absolute atomic E-state index is 0.165. The Morgan fingerprint density at radius 1 is 0.824 bits per heavy atom. The molecule has 2 unspecified atom stereocenters. The van der Waals surface area contributed by atoms with Gasteiger partial charge in [0, 0.05) is 7.11 Å². The molecule has 102 valence electrons. The van der Waals surface area contributed by atoms with Crippen molar-refractivity contribution < 1.29 is 49.4 Å². The molecule has 0 aromatic rings. The minimum Gasteiger partial charge on any atom is -0.417 e. The van der Waals surface area contributed by atoms with Crippen molar-refractivity contribution >= 4 is 6.47 Å². The Morgan fingerprint density at radius 2 is 1.18 bits per heavy atom. The van der Waals surface area contributed by atoms with Crippen molar-refractivity contribution in [3.63, 3.8) is 0 Å². The molecule has 17 heavy (non-hydrogen) atoms. The predicted molar refractivity (Wildman–Crippen MR) is 33.9 cm³/mol. The molecule has 0 saturated carbocycles. The molecule has 0 amide bonds. The van der Waals surface area contributed by atoms with E-state index in [4.69, 9.17) is 0 Å². The van der Waals surface area contributed by atoms with Gasteiger partial charge in [0.2, 0.25) is 0 Å². The van der Waals surface area contributed by atoms with Crippen molar-refractivity contribution in [2.75, 3.05) is 7.11 Å². The third-order valence-electron chi connectivity index (χ3n) is 1.63. The van der Waals surface area contributed by atoms with Crippen LogP contribution in [0.5, 0.6) is 0 Å². The quantitative estimate of drug-likeness (QED) is 0.583. The molecule has 0 aliphatic carbocycles. The van der Waals surface area contributed by atoms with Gasteiger partial charge in [0.25, 0.3) is 6.47 Å². The number of hydrogen-bond donors (Lipinski definition) is 0. The fourth-order valence-electron chi connectivity index (χ4n) is 0.821. The van der Waals surface area contributed by atoms with Gasteiger partial charge in [-0.1, -0.05) is 0 Å². The molecule has 0 N–H and O–H groups in total. The Hall–Kier alpha value is -1.13. The van der Waals surface area contributed by atoms with Crippen LogP contribution in [0.3, 0.4) is 0 Å². The standard InChI is InChI=1S/C6H4F8O3/c1-16-3(7,5(9,10)11)4(8,17-2-15)6(12,13)14/h2H,1H3. The van der Waals surface area contributed by atoms with Gasteiger partial charge in [0.1, 0.15) is 0 Å². The average Bonchev–Trinajstić information content (AvgIpc) is 2.13. The van der Waals surface area contributed by atoms with Crippen LogP contribution >= 0.6 is 0 Å². The molecule has 0 saturated heterocycles. The summed E-state index contributed by atoms with van der Waals surface area (Å²) in [6, 6.07) is 0. The van der Waals surface area contributed by atoms with E-state index in [0.29, 0.717) is 0 Å². The normalized spacial score (nSPS) is 20.3. The number of halogens is 8. The van der Waals surface area contributed by atoms with Gasteiger partial charge in [-0.3, -0.25) is 4.79 Å². The van der Waals surface area contributed by atoms with Gasteiger partial charge in [-0.05, 0) is 0 Å². The fourth-order valence-corrected chi connectivity index (χ4v) is 0.821. The highest BCUT2D eigenvalue weighted by Crippen LogP contribution is 2.52. The van der Waals surface area contributed by atoms with E-state index in [1.165, 1.54) is 0 Å². The Labute approximate surface area is 88.3 Å². The van der Waals surface area contributed by atoms with E-state index >= 15 is 0 Å². The first-order valence-corrected chi connectivity index (χ1v) is 3.55. The maximum Gasteiger partial charge on any atom is 0.467 e. The van der Waals surface area contributed by atoms with Gasteiger partial charge in [-0.2, -0.15) is 35.1 Å². The molecule has 2 atom stereocenters. The van der Waals surface area contributed by atoms with E-state index in [1.807, 2.05) is 0 Å². The van der Waals surface area contributed by atoms with Crippen molar-refractivity contribution in [1.82, 2.24) is 0 Å². The predicted octanol–water partition coefficient (Wildman–Crippen LogP) is 2.26. The first-order valence-electron chi connectivity index (χ1n) is 3.55. The van der Waals surface area contributed by atoms with Gasteiger partial charge in [-0.15, -0.1) is 0 Å². The zero-order valence-electron chi connectivity index (χ0n) is 7.83. The summed E-state index contributed by atoms with van der Waals surface area (Å²) >= 11 is 0. The molecule has 0 aliphatic rings. The van der Waals surface area contributed by atoms with Crippen LogP contribution in [0.2, 0.25) is 0 Å². The lowest BCUT2D eigenvalue weighted by Crippen LogP contribution is -2.66. The summed E-state index contributed by atoms with van der Waals surface area (Å²) in [5.74, 6) is -11.9. The first-order chi connectivity index (χ1) is 7.37. The first kappa shape index (κ1) is 15.9. The molecule has 0 aliphatic heterocycles. The second kappa shape index (κ2) is 4.27. The molecular formula is C6H4F8O3. The van der Waals surface area contributed by atoms with E-state index in [1.54, 1.807) is 0 Å². The smallest absolute Gasteiger partial charge is 0.417 e. The number of methoxy groups -OCH3 is 1. The summed E-state index contributed by atoms with van der Waals surface area (Å²) in [6.07, 6.45) is -12.9. The summed E-state index contributed by atoms with van der Waals surface area (Å²) in [5.41, 5.74) is 0. The molecule has 0 rings (SSSR count). The number of carbonyl (C=O) groups excluding carboxylic acids is 1. The molecule has 0 heterocycles. The summed E-state index contributed by atoms with van der Waals surface area (Å²) in [4.78, 5) is 9.60. The SMILES string of the molecule is COC(F)(C(F)(F)F)C(F)(OC=O)C(F)(F)F. The monoisotopic (exact) mass is 276 g/mol. The Morgan fingerprint density at radius 3 is 1.35 bits per heavy atom. The largest absolute Gasteiger partial charge is 0.467 e. The van der Waals surface area contributed by atoms with Crippen LogP contribution in [-0.4, -0.2) is 37.6 Å². The van der Waals surface area contributed by atoms with Crippen LogP contribution in [0.1, 0.15) is 0 Å². The van der Waals surface area contributed by atoms with Crippen molar-refractivity contribution in [3.05, 3.63) is 0 Å². The zero-order chi connectivity index (χ0) is 14.1. The van der Waals surface area contributed by atoms with E-state index < -0.39 is 30.5 Å². The van der Waals surface area contributed by atoms with E-state index in [-0.39, 0.29) is 7.11 Å². The fraction of sp³-hybridized carbons (Fsp3) is 0.833. The van der Waals surface area contributed by atoms with Crippen molar-refractivity contribution in [3.8, 4) is 0 Å². The van der Waals surface area contributed by atoms with Crippen molar-refractivity contribution in [2.45, 2.75) is 24.1 Å². The van der Waals surface area contributed by atoms with Gasteiger partial charge in [-0.25, -0.2) is 0 Å². The van der Waals surface area contributed by atoms with Gasteiger partial charge in [0.05, 0.1) is 0 Å². The third-order valence-corrected chi connectivity index (χ3v) is 1.63. The highest BCUT2D eigenvalue weighted by molar-refractivity contribution is 5.39. The lowest BCUT2D eigenvalue weighted by molar-refractivity contribution is -0.463. The Bertz CT molecular complexity index is 286. The molecule has 0 bridgehead atoms. The third kappa shape index (κ3) is 2.28.